The first kappa shape index (κ1) is 35.0. The number of amidine groups is 1. The molecule has 13 nitrogen and oxygen atoms in total. The van der Waals surface area contributed by atoms with E-state index in [-0.39, 0.29) is 29.7 Å². The number of sulfonamides is 1. The van der Waals surface area contributed by atoms with E-state index >= 15 is 0 Å². The smallest absolute Gasteiger partial charge is 0.435 e. The van der Waals surface area contributed by atoms with Crippen molar-refractivity contribution in [2.24, 2.45) is 17.8 Å². The SMILES string of the molecule is CCOC(=O)CN(c1ccc2c(c1)cc(Cc1ccc(C(N)=NC(=O)OCCS(C)(=O)=O)cc1)n2C)S(=O)(=O)c1cccc2cccnc12. The quantitative estimate of drug-likeness (QED) is 0.113. The molecule has 3 aromatic carbocycles. The molecular weight excluding hydrogens is 671 g/mol. The number of ether oxygens (including phenoxy) is 2. The molecule has 15 heteroatoms. The van der Waals surface area contributed by atoms with Crippen LogP contribution in [-0.2, 0) is 47.6 Å². The van der Waals surface area contributed by atoms with Gasteiger partial charge in [-0.2, -0.15) is 4.99 Å². The monoisotopic (exact) mass is 705 g/mol. The molecule has 0 spiro atoms. The van der Waals surface area contributed by atoms with E-state index in [2.05, 4.69) is 9.98 Å². The van der Waals surface area contributed by atoms with Gasteiger partial charge in [0.2, 0.25) is 0 Å². The maximum absolute atomic E-state index is 14.2. The minimum Gasteiger partial charge on any atom is -0.465 e. The second kappa shape index (κ2) is 14.5. The summed E-state index contributed by atoms with van der Waals surface area (Å²) in [5, 5.41) is 1.41. The Morgan fingerprint density at radius 3 is 2.39 bits per heavy atom. The van der Waals surface area contributed by atoms with E-state index in [0.29, 0.717) is 28.6 Å². The Balaban J connectivity index is 1.40. The van der Waals surface area contributed by atoms with Gasteiger partial charge in [-0.3, -0.25) is 14.1 Å². The van der Waals surface area contributed by atoms with E-state index < -0.39 is 38.5 Å². The average Bonchev–Trinajstić information content (AvgIpc) is 3.36. The van der Waals surface area contributed by atoms with Crippen LogP contribution in [0.5, 0.6) is 0 Å². The van der Waals surface area contributed by atoms with Gasteiger partial charge >= 0.3 is 12.1 Å². The second-order valence-corrected chi connectivity index (χ2v) is 15.3. The van der Waals surface area contributed by atoms with E-state index in [4.69, 9.17) is 15.2 Å². The van der Waals surface area contributed by atoms with Gasteiger partial charge in [-0.25, -0.2) is 21.6 Å². The first-order chi connectivity index (χ1) is 23.3. The number of pyridine rings is 1. The lowest BCUT2D eigenvalue weighted by Gasteiger charge is -2.24. The van der Waals surface area contributed by atoms with Crippen molar-refractivity contribution in [2.75, 3.05) is 36.1 Å². The zero-order valence-electron chi connectivity index (χ0n) is 27.1. The van der Waals surface area contributed by atoms with Gasteiger partial charge in [0, 0.05) is 53.5 Å². The van der Waals surface area contributed by atoms with Crippen molar-refractivity contribution >= 4 is 65.3 Å². The molecule has 1 amide bonds. The van der Waals surface area contributed by atoms with Crippen molar-refractivity contribution in [3.63, 3.8) is 0 Å². The molecule has 0 aliphatic carbocycles. The molecule has 0 aliphatic heterocycles. The summed E-state index contributed by atoms with van der Waals surface area (Å²) in [6.45, 7) is 0.911. The fourth-order valence-corrected chi connectivity index (χ4v) is 7.19. The number of esters is 1. The average molecular weight is 706 g/mol. The van der Waals surface area contributed by atoms with Gasteiger partial charge in [-0.15, -0.1) is 0 Å². The highest BCUT2D eigenvalue weighted by Gasteiger charge is 2.30. The predicted octanol–water partition coefficient (Wildman–Crippen LogP) is 3.96. The molecule has 2 heterocycles. The molecule has 2 N–H and O–H groups in total. The summed E-state index contributed by atoms with van der Waals surface area (Å²) in [5.41, 5.74) is 9.73. The van der Waals surface area contributed by atoms with Crippen LogP contribution in [0.2, 0.25) is 0 Å². The Morgan fingerprint density at radius 2 is 1.67 bits per heavy atom. The summed E-state index contributed by atoms with van der Waals surface area (Å²) < 4.78 is 63.7. The maximum Gasteiger partial charge on any atom is 0.435 e. The second-order valence-electron chi connectivity index (χ2n) is 11.2. The number of carbonyl (C=O) groups excluding carboxylic acids is 2. The molecule has 5 aromatic rings. The van der Waals surface area contributed by atoms with Gasteiger partial charge in [0.1, 0.15) is 23.9 Å². The molecule has 0 saturated heterocycles. The maximum atomic E-state index is 14.2. The van der Waals surface area contributed by atoms with E-state index in [0.717, 1.165) is 32.7 Å². The fraction of sp³-hybridized carbons (Fsp3) is 0.235. The Labute approximate surface area is 283 Å². The van der Waals surface area contributed by atoms with Crippen LogP contribution in [0, 0.1) is 0 Å². The largest absolute Gasteiger partial charge is 0.465 e. The third-order valence-electron chi connectivity index (χ3n) is 7.68. The number of para-hydroxylation sites is 1. The molecule has 49 heavy (non-hydrogen) atoms. The zero-order valence-corrected chi connectivity index (χ0v) is 28.7. The van der Waals surface area contributed by atoms with Gasteiger partial charge in [0.25, 0.3) is 10.0 Å². The Kier molecular flexibility index (Phi) is 10.3. The number of hydrogen-bond acceptors (Lipinski definition) is 9. The van der Waals surface area contributed by atoms with Gasteiger partial charge in [-0.05, 0) is 48.9 Å². The Hall–Kier alpha value is -5.28. The van der Waals surface area contributed by atoms with Crippen LogP contribution in [-0.4, -0.2) is 76.1 Å². The molecular formula is C34H35N5O8S2. The van der Waals surface area contributed by atoms with Crippen molar-refractivity contribution in [1.82, 2.24) is 9.55 Å². The number of anilines is 1. The number of nitrogens with zero attached hydrogens (tertiary/aromatic N) is 4. The number of aliphatic imine (C=N–C) groups is 1. The summed E-state index contributed by atoms with van der Waals surface area (Å²) in [7, 11) is -5.63. The Morgan fingerprint density at radius 1 is 0.939 bits per heavy atom. The first-order valence-electron chi connectivity index (χ1n) is 15.1. The van der Waals surface area contributed by atoms with Crippen LogP contribution in [0.15, 0.2) is 94.9 Å². The van der Waals surface area contributed by atoms with Crippen molar-refractivity contribution < 1.29 is 35.9 Å². The summed E-state index contributed by atoms with van der Waals surface area (Å²) >= 11 is 0. The molecule has 256 valence electrons. The summed E-state index contributed by atoms with van der Waals surface area (Å²) in [6.07, 6.45) is 2.09. The number of rotatable bonds is 12. The molecule has 0 unspecified atom stereocenters. The van der Waals surface area contributed by atoms with E-state index in [9.17, 15) is 26.4 Å². The van der Waals surface area contributed by atoms with Crippen LogP contribution in [0.3, 0.4) is 0 Å². The van der Waals surface area contributed by atoms with Crippen LogP contribution in [0.1, 0.15) is 23.7 Å². The lowest BCUT2D eigenvalue weighted by atomic mass is 10.1. The number of fused-ring (bicyclic) bond motifs is 2. The topological polar surface area (TPSA) is 180 Å². The summed E-state index contributed by atoms with van der Waals surface area (Å²) in [5.74, 6) is -1.08. The van der Waals surface area contributed by atoms with Crippen LogP contribution in [0.4, 0.5) is 10.5 Å². The number of amides is 1. The van der Waals surface area contributed by atoms with E-state index in [1.807, 2.05) is 29.8 Å². The predicted molar refractivity (Wildman–Crippen MR) is 187 cm³/mol. The minimum absolute atomic E-state index is 0.0262. The molecule has 0 saturated carbocycles. The van der Waals surface area contributed by atoms with Crippen LogP contribution < -0.4 is 10.0 Å². The van der Waals surface area contributed by atoms with Crippen molar-refractivity contribution in [1.29, 1.82) is 0 Å². The number of nitrogens with two attached hydrogens (primary N) is 1. The standard InChI is InChI=1S/C34H35N5O8S2/c1-4-46-31(40)22-39(49(44,45)30-9-5-7-24-8-6-16-36-32(24)30)27-14-15-29-26(20-27)21-28(38(29)2)19-23-10-12-25(13-11-23)33(35)37-34(41)47-17-18-48(3,42)43/h5-16,20-21H,4,17-19,22H2,1-3H3,(H2,35,37,41). The molecule has 0 radical (unpaired) electrons. The van der Waals surface area contributed by atoms with Crippen molar-refractivity contribution in [3.05, 3.63) is 102 Å². The third kappa shape index (κ3) is 8.24. The number of benzene rings is 3. The number of carbonyl (C=O) groups is 2. The lowest BCUT2D eigenvalue weighted by molar-refractivity contribution is -0.141. The molecule has 0 fully saturated rings. The van der Waals surface area contributed by atoms with Gasteiger partial charge in [0.15, 0.2) is 9.84 Å². The molecule has 0 aliphatic rings. The minimum atomic E-state index is -4.25. The molecule has 0 atom stereocenters. The fourth-order valence-electron chi connectivity index (χ4n) is 5.24. The van der Waals surface area contributed by atoms with Gasteiger partial charge in [0.05, 0.1) is 23.6 Å². The van der Waals surface area contributed by atoms with Gasteiger partial charge in [-0.1, -0.05) is 42.5 Å². The number of aromatic nitrogens is 2. The third-order valence-corrected chi connectivity index (χ3v) is 10.4. The molecule has 0 bridgehead atoms. The molecule has 2 aromatic heterocycles. The number of sulfone groups is 1. The normalized spacial score (nSPS) is 12.3. The van der Waals surface area contributed by atoms with Gasteiger partial charge < -0.3 is 19.8 Å². The van der Waals surface area contributed by atoms with Crippen LogP contribution >= 0.6 is 0 Å². The summed E-state index contributed by atoms with van der Waals surface area (Å²) in [6, 6.07) is 22.6. The Bertz CT molecular complexity index is 2280. The van der Waals surface area contributed by atoms with E-state index in [1.54, 1.807) is 61.5 Å². The van der Waals surface area contributed by atoms with Crippen LogP contribution in [0.25, 0.3) is 21.8 Å². The lowest BCUT2D eigenvalue weighted by Crippen LogP contribution is -2.36. The number of aryl methyl sites for hydroxylation is 1. The molecule has 5 rings (SSSR count). The zero-order chi connectivity index (χ0) is 35.3. The van der Waals surface area contributed by atoms with E-state index in [1.165, 1.54) is 12.3 Å². The van der Waals surface area contributed by atoms with Crippen molar-refractivity contribution in [3.8, 4) is 0 Å². The summed E-state index contributed by atoms with van der Waals surface area (Å²) in [4.78, 5) is 32.6. The van der Waals surface area contributed by atoms with Crippen molar-refractivity contribution in [2.45, 2.75) is 18.2 Å². The highest BCUT2D eigenvalue weighted by molar-refractivity contribution is 7.93. The number of hydrogen-bond donors (Lipinski definition) is 1. The highest BCUT2D eigenvalue weighted by atomic mass is 32.2. The first-order valence-corrected chi connectivity index (χ1v) is 18.7. The highest BCUT2D eigenvalue weighted by Crippen LogP contribution is 2.31.